The lowest BCUT2D eigenvalue weighted by atomic mass is 9.71. The van der Waals surface area contributed by atoms with E-state index < -0.39 is 34.7 Å². The number of Topliss-reactive ketones (excluding diaryl/α,β-unsaturated/α-hetero) is 3. The molecule has 6 heteroatoms. The van der Waals surface area contributed by atoms with Gasteiger partial charge in [0.05, 0.1) is 0 Å². The van der Waals surface area contributed by atoms with E-state index in [-0.39, 0.29) is 19.3 Å². The Morgan fingerprint density at radius 3 is 1.27 bits per heavy atom. The van der Waals surface area contributed by atoms with Crippen molar-refractivity contribution in [2.75, 3.05) is 0 Å². The van der Waals surface area contributed by atoms with Gasteiger partial charge in [0.1, 0.15) is 0 Å². The highest BCUT2D eigenvalue weighted by atomic mass is 16.6. The van der Waals surface area contributed by atoms with E-state index in [9.17, 15) is 24.0 Å². The first-order chi connectivity index (χ1) is 10.3. The molecule has 0 aliphatic rings. The highest BCUT2D eigenvalue weighted by Gasteiger charge is 2.58. The van der Waals surface area contributed by atoms with Crippen LogP contribution in [0.3, 0.4) is 0 Å². The maximum atomic E-state index is 12.5. The summed E-state index contributed by atoms with van der Waals surface area (Å²) in [6, 6.07) is 0. The van der Waals surface area contributed by atoms with Crippen molar-refractivity contribution in [2.24, 2.45) is 5.41 Å². The van der Waals surface area contributed by atoms with Gasteiger partial charge in [-0.2, -0.15) is 0 Å². The van der Waals surface area contributed by atoms with Crippen molar-refractivity contribution in [3.63, 3.8) is 0 Å². The third kappa shape index (κ3) is 4.32. The second-order valence-corrected chi connectivity index (χ2v) is 5.15. The number of esters is 2. The molecule has 0 rings (SSSR count). The van der Waals surface area contributed by atoms with Crippen molar-refractivity contribution in [1.82, 2.24) is 0 Å². The lowest BCUT2D eigenvalue weighted by Crippen LogP contribution is -2.53. The van der Waals surface area contributed by atoms with Gasteiger partial charge in [-0.3, -0.25) is 19.2 Å². The van der Waals surface area contributed by atoms with E-state index >= 15 is 0 Å². The summed E-state index contributed by atoms with van der Waals surface area (Å²) in [7, 11) is 0. The number of carbonyl (C=O) groups is 5. The fourth-order valence-electron chi connectivity index (χ4n) is 2.26. The predicted octanol–water partition coefficient (Wildman–Crippen LogP) is 2.17. The molecule has 124 valence electrons. The molecule has 0 aromatic rings. The van der Waals surface area contributed by atoms with Crippen LogP contribution in [0.15, 0.2) is 0 Å². The van der Waals surface area contributed by atoms with E-state index in [1.165, 1.54) is 0 Å². The topological polar surface area (TPSA) is 94.6 Å². The zero-order valence-electron chi connectivity index (χ0n) is 13.7. The summed E-state index contributed by atoms with van der Waals surface area (Å²) < 4.78 is 4.48. The van der Waals surface area contributed by atoms with Crippen LogP contribution >= 0.6 is 0 Å². The fourth-order valence-corrected chi connectivity index (χ4v) is 2.26. The maximum Gasteiger partial charge on any atom is 0.342 e. The lowest BCUT2D eigenvalue weighted by molar-refractivity contribution is -0.171. The van der Waals surface area contributed by atoms with Gasteiger partial charge in [-0.1, -0.05) is 20.8 Å². The Morgan fingerprint density at radius 2 is 1.05 bits per heavy atom. The van der Waals surface area contributed by atoms with E-state index in [2.05, 4.69) is 4.74 Å². The molecule has 0 amide bonds. The number of carbonyl (C=O) groups excluding carboxylic acids is 5. The minimum atomic E-state index is -2.48. The molecule has 0 bridgehead atoms. The number of ketones is 3. The first kappa shape index (κ1) is 20.1. The van der Waals surface area contributed by atoms with Crippen LogP contribution in [0.5, 0.6) is 0 Å². The minimum Gasteiger partial charge on any atom is -0.392 e. The van der Waals surface area contributed by atoms with Crippen LogP contribution in [0.2, 0.25) is 0 Å². The standard InChI is InChI=1S/C16H24O6/c1-5-8-12(18)16(13(19)9-6-2,14(20)10-7-3)15(21)22-11(4)17/h5-10H2,1-4H3. The average molecular weight is 312 g/mol. The second-order valence-electron chi connectivity index (χ2n) is 5.15. The van der Waals surface area contributed by atoms with E-state index in [0.29, 0.717) is 19.3 Å². The Balaban J connectivity index is 6.06. The third-order valence-electron chi connectivity index (χ3n) is 3.23. The zero-order valence-corrected chi connectivity index (χ0v) is 13.7. The molecule has 0 aliphatic carbocycles. The molecular formula is C16H24O6. The van der Waals surface area contributed by atoms with Gasteiger partial charge in [0.25, 0.3) is 0 Å². The van der Waals surface area contributed by atoms with E-state index in [0.717, 1.165) is 6.92 Å². The molecule has 0 spiro atoms. The number of hydrogen-bond donors (Lipinski definition) is 0. The summed E-state index contributed by atoms with van der Waals surface area (Å²) in [5.41, 5.74) is -2.48. The summed E-state index contributed by atoms with van der Waals surface area (Å²) in [6.45, 7) is 6.09. The number of rotatable bonds is 10. The van der Waals surface area contributed by atoms with E-state index in [4.69, 9.17) is 0 Å². The molecule has 0 heterocycles. The Kier molecular flexibility index (Phi) is 8.45. The molecule has 0 saturated heterocycles. The number of hydrogen-bond acceptors (Lipinski definition) is 6. The highest BCUT2D eigenvalue weighted by molar-refractivity contribution is 6.38. The van der Waals surface area contributed by atoms with Crippen molar-refractivity contribution in [2.45, 2.75) is 66.2 Å². The van der Waals surface area contributed by atoms with Crippen LogP contribution in [0.25, 0.3) is 0 Å². The van der Waals surface area contributed by atoms with Gasteiger partial charge in [-0.05, 0) is 19.3 Å². The lowest BCUT2D eigenvalue weighted by Gasteiger charge is -2.26. The molecule has 0 radical (unpaired) electrons. The smallest absolute Gasteiger partial charge is 0.342 e. The van der Waals surface area contributed by atoms with Gasteiger partial charge in [-0.25, -0.2) is 4.79 Å². The van der Waals surface area contributed by atoms with Gasteiger partial charge < -0.3 is 4.74 Å². The first-order valence-corrected chi connectivity index (χ1v) is 7.61. The van der Waals surface area contributed by atoms with E-state index in [1.807, 2.05) is 0 Å². The Morgan fingerprint density at radius 1 is 0.727 bits per heavy atom. The van der Waals surface area contributed by atoms with Crippen LogP contribution in [0.1, 0.15) is 66.2 Å². The molecule has 0 aromatic heterocycles. The summed E-state index contributed by atoms with van der Waals surface area (Å²) >= 11 is 0. The SMILES string of the molecule is CCCC(=O)C(C(=O)CCC)(C(=O)CCC)C(=O)OC(C)=O. The predicted molar refractivity (Wildman–Crippen MR) is 79.0 cm³/mol. The number of ether oxygens (including phenoxy) is 1. The molecule has 0 fully saturated rings. The van der Waals surface area contributed by atoms with Crippen LogP contribution in [-0.4, -0.2) is 29.3 Å². The Bertz CT molecular complexity index is 418. The zero-order chi connectivity index (χ0) is 17.3. The summed E-state index contributed by atoms with van der Waals surface area (Å²) in [5.74, 6) is -4.64. The van der Waals surface area contributed by atoms with Crippen molar-refractivity contribution in [3.8, 4) is 0 Å². The van der Waals surface area contributed by atoms with Crippen LogP contribution in [0.4, 0.5) is 0 Å². The molecule has 0 aliphatic heterocycles. The second kappa shape index (κ2) is 9.23. The van der Waals surface area contributed by atoms with Crippen LogP contribution < -0.4 is 0 Å². The fraction of sp³-hybridized carbons (Fsp3) is 0.688. The van der Waals surface area contributed by atoms with Gasteiger partial charge in [0.2, 0.25) is 5.41 Å². The average Bonchev–Trinajstić information content (AvgIpc) is 2.39. The van der Waals surface area contributed by atoms with Crippen molar-refractivity contribution in [1.29, 1.82) is 0 Å². The molecule has 0 unspecified atom stereocenters. The summed E-state index contributed by atoms with van der Waals surface area (Å²) in [4.78, 5) is 60.8. The van der Waals surface area contributed by atoms with Crippen LogP contribution in [0, 0.1) is 5.41 Å². The first-order valence-electron chi connectivity index (χ1n) is 7.61. The van der Waals surface area contributed by atoms with Gasteiger partial charge in [0.15, 0.2) is 17.3 Å². The normalized spacial score (nSPS) is 10.9. The molecule has 0 N–H and O–H groups in total. The summed E-state index contributed by atoms with van der Waals surface area (Å²) in [5, 5.41) is 0. The van der Waals surface area contributed by atoms with E-state index in [1.54, 1.807) is 20.8 Å². The molecule has 0 saturated carbocycles. The van der Waals surface area contributed by atoms with Gasteiger partial charge in [0, 0.05) is 26.2 Å². The molecule has 0 atom stereocenters. The van der Waals surface area contributed by atoms with Crippen molar-refractivity contribution in [3.05, 3.63) is 0 Å². The van der Waals surface area contributed by atoms with Gasteiger partial charge in [-0.15, -0.1) is 0 Å². The molecule has 0 aromatic carbocycles. The Hall–Kier alpha value is -1.85. The molecule has 22 heavy (non-hydrogen) atoms. The van der Waals surface area contributed by atoms with Crippen LogP contribution in [-0.2, 0) is 28.7 Å². The quantitative estimate of drug-likeness (QED) is 0.453. The van der Waals surface area contributed by atoms with Gasteiger partial charge >= 0.3 is 11.9 Å². The summed E-state index contributed by atoms with van der Waals surface area (Å²) in [6.07, 6.45) is 0.847. The molecule has 6 nitrogen and oxygen atoms in total. The monoisotopic (exact) mass is 312 g/mol. The molecular weight excluding hydrogens is 288 g/mol. The van der Waals surface area contributed by atoms with Crippen molar-refractivity contribution >= 4 is 29.3 Å². The van der Waals surface area contributed by atoms with Crippen molar-refractivity contribution < 1.29 is 28.7 Å². The maximum absolute atomic E-state index is 12.5. The Labute approximate surface area is 130 Å². The highest BCUT2D eigenvalue weighted by Crippen LogP contribution is 2.30. The minimum absolute atomic E-state index is 0.0993. The third-order valence-corrected chi connectivity index (χ3v) is 3.23. The largest absolute Gasteiger partial charge is 0.392 e.